The van der Waals surface area contributed by atoms with Gasteiger partial charge in [-0.25, -0.2) is 4.39 Å². The van der Waals surface area contributed by atoms with Crippen molar-refractivity contribution in [3.8, 4) is 0 Å². The minimum Gasteiger partial charge on any atom is -0.249 e. The molecule has 0 aliphatic heterocycles. The third-order valence-corrected chi connectivity index (χ3v) is 3.10. The van der Waals surface area contributed by atoms with Crippen LogP contribution in [-0.2, 0) is 0 Å². The van der Waals surface area contributed by atoms with Gasteiger partial charge in [0.05, 0.1) is 0 Å². The molecule has 13 heteroatoms. The first kappa shape index (κ1) is 21.8. The molecule has 0 aromatic rings. The molecule has 0 radical (unpaired) electrons. The summed E-state index contributed by atoms with van der Waals surface area (Å²) in [5, 5.41) is 0. The topological polar surface area (TPSA) is 0 Å². The van der Waals surface area contributed by atoms with Crippen molar-refractivity contribution in [3.05, 3.63) is 12.2 Å². The summed E-state index contributed by atoms with van der Waals surface area (Å²) in [6.07, 6.45) is -28.4. The van der Waals surface area contributed by atoms with Crippen LogP contribution in [0.1, 0.15) is 6.92 Å². The molecular formula is C10H7F13. The van der Waals surface area contributed by atoms with Crippen molar-refractivity contribution in [1.82, 2.24) is 0 Å². The Kier molecular flexibility index (Phi) is 5.43. The van der Waals surface area contributed by atoms with E-state index in [9.17, 15) is 57.1 Å². The van der Waals surface area contributed by atoms with E-state index in [1.807, 2.05) is 0 Å². The van der Waals surface area contributed by atoms with Crippen LogP contribution in [0.2, 0.25) is 0 Å². The van der Waals surface area contributed by atoms with E-state index in [4.69, 9.17) is 0 Å². The van der Waals surface area contributed by atoms with Crippen molar-refractivity contribution in [1.29, 1.82) is 0 Å². The summed E-state index contributed by atoms with van der Waals surface area (Å²) in [5.41, 5.74) is -10.5. The number of rotatable bonds is 3. The summed E-state index contributed by atoms with van der Waals surface area (Å²) in [4.78, 5) is 0. The summed E-state index contributed by atoms with van der Waals surface area (Å²) >= 11 is 0. The molecule has 0 bridgehead atoms. The first-order valence-corrected chi connectivity index (χ1v) is 5.30. The molecule has 0 saturated carbocycles. The maximum Gasteiger partial charge on any atom is 0.409 e. The third-order valence-electron chi connectivity index (χ3n) is 3.10. The van der Waals surface area contributed by atoms with E-state index in [0.29, 0.717) is 0 Å². The van der Waals surface area contributed by atoms with Crippen molar-refractivity contribution in [2.24, 2.45) is 10.8 Å². The maximum absolute atomic E-state index is 12.5. The molecule has 0 aromatic heterocycles. The SMILES string of the molecule is CC(C=CC(CF)(C(F)(F)F)C(F)(F)F)(C(F)(F)F)C(F)(F)F. The van der Waals surface area contributed by atoms with Gasteiger partial charge in [-0.3, -0.25) is 0 Å². The molecule has 0 aliphatic carbocycles. The average Bonchev–Trinajstić information content (AvgIpc) is 2.22. The van der Waals surface area contributed by atoms with Gasteiger partial charge >= 0.3 is 24.7 Å². The largest absolute Gasteiger partial charge is 0.409 e. The predicted molar refractivity (Wildman–Crippen MR) is 49.9 cm³/mol. The van der Waals surface area contributed by atoms with Crippen LogP contribution in [-0.4, -0.2) is 31.4 Å². The Balaban J connectivity index is 6.37. The highest BCUT2D eigenvalue weighted by Crippen LogP contribution is 2.55. The van der Waals surface area contributed by atoms with Gasteiger partial charge in [-0.15, -0.1) is 0 Å². The van der Waals surface area contributed by atoms with Crippen LogP contribution in [0.3, 0.4) is 0 Å². The van der Waals surface area contributed by atoms with Crippen LogP contribution < -0.4 is 0 Å². The molecule has 0 spiro atoms. The molecule has 0 N–H and O–H groups in total. The van der Waals surface area contributed by atoms with E-state index in [1.54, 1.807) is 0 Å². The van der Waals surface area contributed by atoms with Crippen LogP contribution in [0.5, 0.6) is 0 Å². The van der Waals surface area contributed by atoms with Crippen molar-refractivity contribution in [2.45, 2.75) is 31.6 Å². The number of hydrogen-bond acceptors (Lipinski definition) is 0. The number of allylic oxidation sites excluding steroid dienone is 2. The molecule has 0 heterocycles. The van der Waals surface area contributed by atoms with Gasteiger partial charge in [0.2, 0.25) is 5.41 Å². The molecule has 0 atom stereocenters. The van der Waals surface area contributed by atoms with Gasteiger partial charge in [0.15, 0.2) is 5.41 Å². The molecule has 0 aromatic carbocycles. The summed E-state index contributed by atoms with van der Waals surface area (Å²) in [6.45, 7) is -3.98. The van der Waals surface area contributed by atoms with Crippen LogP contribution >= 0.6 is 0 Å². The second-order valence-corrected chi connectivity index (χ2v) is 4.63. The Morgan fingerprint density at radius 1 is 0.565 bits per heavy atom. The number of alkyl halides is 13. The van der Waals surface area contributed by atoms with Gasteiger partial charge in [0, 0.05) is 0 Å². The molecule has 138 valence electrons. The highest BCUT2D eigenvalue weighted by molar-refractivity contribution is 5.15. The average molecular weight is 374 g/mol. The predicted octanol–water partition coefficient (Wildman–Crippen LogP) is 5.75. The molecule has 0 unspecified atom stereocenters. The van der Waals surface area contributed by atoms with Crippen molar-refractivity contribution in [2.75, 3.05) is 6.67 Å². The zero-order valence-corrected chi connectivity index (χ0v) is 10.8. The first-order chi connectivity index (χ1) is 9.77. The Hall–Kier alpha value is -1.17. The van der Waals surface area contributed by atoms with Crippen LogP contribution in [0.4, 0.5) is 57.1 Å². The van der Waals surface area contributed by atoms with E-state index in [-0.39, 0.29) is 0 Å². The van der Waals surface area contributed by atoms with E-state index < -0.39 is 61.3 Å². The van der Waals surface area contributed by atoms with E-state index in [0.717, 1.165) is 0 Å². The molecule has 0 fully saturated rings. The normalized spacial score (nSPS) is 16.3. The van der Waals surface area contributed by atoms with Crippen LogP contribution in [0, 0.1) is 10.8 Å². The summed E-state index contributed by atoms with van der Waals surface area (Å²) in [5.74, 6) is 0. The van der Waals surface area contributed by atoms with Crippen molar-refractivity contribution < 1.29 is 57.1 Å². The summed E-state index contributed by atoms with van der Waals surface area (Å²) in [7, 11) is 0. The zero-order valence-electron chi connectivity index (χ0n) is 10.8. The number of hydrogen-bond donors (Lipinski definition) is 0. The zero-order chi connectivity index (χ0) is 19.1. The van der Waals surface area contributed by atoms with Gasteiger partial charge in [0.1, 0.15) is 6.67 Å². The van der Waals surface area contributed by atoms with E-state index in [2.05, 4.69) is 0 Å². The van der Waals surface area contributed by atoms with Gasteiger partial charge < -0.3 is 0 Å². The molecule has 23 heavy (non-hydrogen) atoms. The van der Waals surface area contributed by atoms with Crippen molar-refractivity contribution >= 4 is 0 Å². The molecular weight excluding hydrogens is 367 g/mol. The maximum atomic E-state index is 12.5. The first-order valence-electron chi connectivity index (χ1n) is 5.30. The second kappa shape index (κ2) is 5.72. The Bertz CT molecular complexity index is 402. The minimum atomic E-state index is -6.51. The lowest BCUT2D eigenvalue weighted by atomic mass is 9.81. The van der Waals surface area contributed by atoms with E-state index >= 15 is 0 Å². The molecule has 0 rings (SSSR count). The Morgan fingerprint density at radius 3 is 1.04 bits per heavy atom. The molecule has 0 aliphatic rings. The molecule has 0 amide bonds. The smallest absolute Gasteiger partial charge is 0.249 e. The van der Waals surface area contributed by atoms with E-state index in [1.165, 1.54) is 0 Å². The second-order valence-electron chi connectivity index (χ2n) is 4.63. The summed E-state index contributed by atoms with van der Waals surface area (Å²) in [6, 6.07) is 0. The Labute approximate surface area is 119 Å². The minimum absolute atomic E-state index is 0.667. The van der Waals surface area contributed by atoms with Gasteiger partial charge in [-0.05, 0) is 6.92 Å². The number of halogens is 13. The summed E-state index contributed by atoms with van der Waals surface area (Å²) < 4.78 is 162. The lowest BCUT2D eigenvalue weighted by Gasteiger charge is -2.35. The third kappa shape index (κ3) is 3.67. The standard InChI is InChI=1S/C10H7F13/c1-5(7(12,13)14,8(15,16)17)2-3-6(4-11,9(18,19)20)10(21,22)23/h2-3H,4H2,1H3. The van der Waals surface area contributed by atoms with Gasteiger partial charge in [0.25, 0.3) is 0 Å². The fourth-order valence-electron chi connectivity index (χ4n) is 1.20. The quantitative estimate of drug-likeness (QED) is 0.436. The highest BCUT2D eigenvalue weighted by atomic mass is 19.4. The fourth-order valence-corrected chi connectivity index (χ4v) is 1.20. The fraction of sp³-hybridized carbons (Fsp3) is 0.800. The van der Waals surface area contributed by atoms with Crippen LogP contribution in [0.25, 0.3) is 0 Å². The van der Waals surface area contributed by atoms with Crippen LogP contribution in [0.15, 0.2) is 12.2 Å². The molecule has 0 nitrogen and oxygen atoms in total. The Morgan fingerprint density at radius 2 is 0.870 bits per heavy atom. The van der Waals surface area contributed by atoms with Crippen molar-refractivity contribution in [3.63, 3.8) is 0 Å². The van der Waals surface area contributed by atoms with Gasteiger partial charge in [-0.1, -0.05) is 12.2 Å². The lowest BCUT2D eigenvalue weighted by Crippen LogP contribution is -2.52. The highest BCUT2D eigenvalue weighted by Gasteiger charge is 2.71. The molecule has 0 saturated heterocycles. The monoisotopic (exact) mass is 374 g/mol. The van der Waals surface area contributed by atoms with Gasteiger partial charge in [-0.2, -0.15) is 52.7 Å². The lowest BCUT2D eigenvalue weighted by molar-refractivity contribution is -0.329.